The second kappa shape index (κ2) is 5.51. The van der Waals surface area contributed by atoms with E-state index in [1.807, 2.05) is 0 Å². The van der Waals surface area contributed by atoms with Crippen molar-refractivity contribution in [1.82, 2.24) is 5.32 Å². The molecule has 0 atom stereocenters. The van der Waals surface area contributed by atoms with Crippen LogP contribution >= 0.6 is 0 Å². The highest BCUT2D eigenvalue weighted by Crippen LogP contribution is 1.88. The van der Waals surface area contributed by atoms with Crippen molar-refractivity contribution in [3.8, 4) is 12.3 Å². The van der Waals surface area contributed by atoms with Crippen LogP contribution in [0.25, 0.3) is 0 Å². The lowest BCUT2D eigenvalue weighted by atomic mass is 10.3. The van der Waals surface area contributed by atoms with Crippen molar-refractivity contribution in [2.45, 2.75) is 6.92 Å². The maximum atomic E-state index is 10.2. The zero-order chi connectivity index (χ0) is 8.69. The fraction of sp³-hybridized carbons (Fsp3) is 0.375. The Morgan fingerprint density at radius 2 is 2.45 bits per heavy atom. The number of carboxylic acid groups (broad SMARTS) is 1. The summed E-state index contributed by atoms with van der Waals surface area (Å²) < 4.78 is 0. The monoisotopic (exact) mass is 153 g/mol. The van der Waals surface area contributed by atoms with Gasteiger partial charge in [-0.1, -0.05) is 12.0 Å². The molecule has 0 aromatic heterocycles. The molecular weight excluding hydrogens is 142 g/mol. The molecule has 0 aliphatic carbocycles. The number of aliphatic carboxylic acids is 1. The number of hydrogen-bond donors (Lipinski definition) is 2. The van der Waals surface area contributed by atoms with Crippen molar-refractivity contribution in [2.75, 3.05) is 13.1 Å². The molecule has 0 unspecified atom stereocenters. The normalized spacial score (nSPS) is 10.7. The minimum Gasteiger partial charge on any atom is -0.478 e. The van der Waals surface area contributed by atoms with Gasteiger partial charge in [-0.15, -0.1) is 6.42 Å². The van der Waals surface area contributed by atoms with Crippen LogP contribution < -0.4 is 5.32 Å². The van der Waals surface area contributed by atoms with Crippen LogP contribution in [0, 0.1) is 12.3 Å². The second-order valence-electron chi connectivity index (χ2n) is 2.03. The fourth-order valence-electron chi connectivity index (χ4n) is 0.457. The average molecular weight is 153 g/mol. The molecule has 0 fully saturated rings. The van der Waals surface area contributed by atoms with Crippen molar-refractivity contribution in [1.29, 1.82) is 0 Å². The smallest absolute Gasteiger partial charge is 0.330 e. The minimum atomic E-state index is -0.896. The summed E-state index contributed by atoms with van der Waals surface area (Å²) in [4.78, 5) is 10.2. The highest BCUT2D eigenvalue weighted by molar-refractivity contribution is 5.85. The van der Waals surface area contributed by atoms with Gasteiger partial charge in [0, 0.05) is 12.1 Å². The van der Waals surface area contributed by atoms with E-state index < -0.39 is 5.97 Å². The Morgan fingerprint density at radius 1 is 1.82 bits per heavy atom. The Balaban J connectivity index is 3.59. The third-order valence-corrected chi connectivity index (χ3v) is 1.12. The Morgan fingerprint density at radius 3 is 2.91 bits per heavy atom. The van der Waals surface area contributed by atoms with Crippen LogP contribution in [0.3, 0.4) is 0 Å². The van der Waals surface area contributed by atoms with E-state index >= 15 is 0 Å². The largest absolute Gasteiger partial charge is 0.478 e. The second-order valence-corrected chi connectivity index (χ2v) is 2.03. The van der Waals surface area contributed by atoms with Gasteiger partial charge in [0.05, 0.1) is 6.54 Å². The molecule has 0 saturated heterocycles. The third-order valence-electron chi connectivity index (χ3n) is 1.12. The van der Waals surface area contributed by atoms with E-state index in [1.165, 1.54) is 0 Å². The average Bonchev–Trinajstić information content (AvgIpc) is 1.97. The topological polar surface area (TPSA) is 49.3 Å². The summed E-state index contributed by atoms with van der Waals surface area (Å²) in [7, 11) is 0. The number of carboxylic acids is 1. The lowest BCUT2D eigenvalue weighted by molar-refractivity contribution is -0.132. The molecule has 2 N–H and O–H groups in total. The van der Waals surface area contributed by atoms with Crippen LogP contribution in [0.5, 0.6) is 0 Å². The van der Waals surface area contributed by atoms with E-state index in [2.05, 4.69) is 11.2 Å². The molecule has 0 amide bonds. The maximum Gasteiger partial charge on any atom is 0.330 e. The Hall–Kier alpha value is -1.27. The van der Waals surface area contributed by atoms with E-state index in [0.717, 1.165) is 0 Å². The van der Waals surface area contributed by atoms with Gasteiger partial charge in [-0.3, -0.25) is 0 Å². The van der Waals surface area contributed by atoms with Crippen LogP contribution in [-0.2, 0) is 4.79 Å². The zero-order valence-corrected chi connectivity index (χ0v) is 6.42. The molecule has 0 radical (unpaired) electrons. The minimum absolute atomic E-state index is 0.328. The summed E-state index contributed by atoms with van der Waals surface area (Å²) in [6, 6.07) is 0. The SMILES string of the molecule is C#CCNCC=C(C)C(=O)O. The van der Waals surface area contributed by atoms with Crippen molar-refractivity contribution in [3.05, 3.63) is 11.6 Å². The highest BCUT2D eigenvalue weighted by Gasteiger charge is 1.96. The van der Waals surface area contributed by atoms with E-state index in [9.17, 15) is 4.79 Å². The lowest BCUT2D eigenvalue weighted by Crippen LogP contribution is -2.14. The van der Waals surface area contributed by atoms with Gasteiger partial charge in [0.1, 0.15) is 0 Å². The molecule has 0 saturated carbocycles. The van der Waals surface area contributed by atoms with Crippen LogP contribution in [0.1, 0.15) is 6.92 Å². The number of rotatable bonds is 4. The maximum absolute atomic E-state index is 10.2. The van der Waals surface area contributed by atoms with Gasteiger partial charge < -0.3 is 10.4 Å². The first-order valence-electron chi connectivity index (χ1n) is 3.22. The molecule has 0 aliphatic rings. The molecule has 3 nitrogen and oxygen atoms in total. The number of carbonyl (C=O) groups is 1. The number of nitrogens with one attached hydrogen (secondary N) is 1. The van der Waals surface area contributed by atoms with Crippen LogP contribution in [0.2, 0.25) is 0 Å². The molecule has 11 heavy (non-hydrogen) atoms. The van der Waals surface area contributed by atoms with E-state index in [4.69, 9.17) is 11.5 Å². The Kier molecular flexibility index (Phi) is 4.87. The first-order chi connectivity index (χ1) is 5.18. The van der Waals surface area contributed by atoms with Gasteiger partial charge in [-0.05, 0) is 6.92 Å². The van der Waals surface area contributed by atoms with Gasteiger partial charge in [0.2, 0.25) is 0 Å². The van der Waals surface area contributed by atoms with Crippen molar-refractivity contribution < 1.29 is 9.90 Å². The third kappa shape index (κ3) is 5.19. The first-order valence-corrected chi connectivity index (χ1v) is 3.22. The van der Waals surface area contributed by atoms with Crippen LogP contribution in [-0.4, -0.2) is 24.2 Å². The molecular formula is C8H11NO2. The van der Waals surface area contributed by atoms with E-state index in [0.29, 0.717) is 18.7 Å². The van der Waals surface area contributed by atoms with E-state index in [1.54, 1.807) is 13.0 Å². The lowest BCUT2D eigenvalue weighted by Gasteiger charge is -1.94. The molecule has 0 rings (SSSR count). The van der Waals surface area contributed by atoms with Crippen LogP contribution in [0.15, 0.2) is 11.6 Å². The molecule has 0 heterocycles. The van der Waals surface area contributed by atoms with Crippen LogP contribution in [0.4, 0.5) is 0 Å². The zero-order valence-electron chi connectivity index (χ0n) is 6.42. The molecule has 0 spiro atoms. The molecule has 0 bridgehead atoms. The van der Waals surface area contributed by atoms with Crippen molar-refractivity contribution in [3.63, 3.8) is 0 Å². The van der Waals surface area contributed by atoms with E-state index in [-0.39, 0.29) is 0 Å². The summed E-state index contributed by atoms with van der Waals surface area (Å²) >= 11 is 0. The number of hydrogen-bond acceptors (Lipinski definition) is 2. The summed E-state index contributed by atoms with van der Waals surface area (Å²) in [5.41, 5.74) is 0.328. The molecule has 3 heteroatoms. The van der Waals surface area contributed by atoms with Gasteiger partial charge in [-0.2, -0.15) is 0 Å². The Labute approximate surface area is 66.1 Å². The van der Waals surface area contributed by atoms with Gasteiger partial charge in [-0.25, -0.2) is 4.79 Å². The summed E-state index contributed by atoms with van der Waals surface area (Å²) in [6.45, 7) is 2.51. The highest BCUT2D eigenvalue weighted by atomic mass is 16.4. The summed E-state index contributed by atoms with van der Waals surface area (Å²) in [5.74, 6) is 1.49. The molecule has 0 aliphatic heterocycles. The van der Waals surface area contributed by atoms with Crippen molar-refractivity contribution >= 4 is 5.97 Å². The summed E-state index contributed by atoms with van der Waals surface area (Å²) in [5, 5.41) is 11.2. The number of terminal acetylenes is 1. The van der Waals surface area contributed by atoms with Gasteiger partial charge in [0.15, 0.2) is 0 Å². The predicted molar refractivity (Wildman–Crippen MR) is 43.1 cm³/mol. The summed E-state index contributed by atoms with van der Waals surface area (Å²) in [6.07, 6.45) is 6.54. The van der Waals surface area contributed by atoms with Gasteiger partial charge >= 0.3 is 5.97 Å². The van der Waals surface area contributed by atoms with Crippen molar-refractivity contribution in [2.24, 2.45) is 0 Å². The molecule has 0 aromatic rings. The quantitative estimate of drug-likeness (QED) is 0.345. The Bertz CT molecular complexity index is 201. The first kappa shape index (κ1) is 9.73. The predicted octanol–water partition coefficient (Wildman–Crippen LogP) is 0.240. The van der Waals surface area contributed by atoms with Gasteiger partial charge in [0.25, 0.3) is 0 Å². The fourth-order valence-corrected chi connectivity index (χ4v) is 0.457. The standard InChI is InChI=1S/C8H11NO2/c1-3-5-9-6-4-7(2)8(10)11/h1,4,9H,5-6H2,2H3,(H,10,11). The molecule has 0 aromatic carbocycles. The molecule has 60 valence electrons.